The van der Waals surface area contributed by atoms with Crippen molar-refractivity contribution >= 4 is 33.2 Å². The van der Waals surface area contributed by atoms with Gasteiger partial charge in [-0.25, -0.2) is 8.78 Å². The van der Waals surface area contributed by atoms with Gasteiger partial charge in [0.1, 0.15) is 0 Å². The lowest BCUT2D eigenvalue weighted by molar-refractivity contribution is 0.506. The Morgan fingerprint density at radius 2 is 1.89 bits per heavy atom. The number of anilines is 1. The molecule has 0 aliphatic carbocycles. The van der Waals surface area contributed by atoms with Gasteiger partial charge in [-0.3, -0.25) is 0 Å². The molecule has 0 spiro atoms. The molecule has 2 aromatic rings. The van der Waals surface area contributed by atoms with E-state index in [0.29, 0.717) is 10.6 Å². The van der Waals surface area contributed by atoms with Crippen LogP contribution in [-0.4, -0.2) is 0 Å². The third-order valence-electron chi connectivity index (χ3n) is 2.77. The minimum Gasteiger partial charge on any atom is -0.378 e. The maximum absolute atomic E-state index is 13.2. The Labute approximate surface area is 123 Å². The molecule has 0 amide bonds. The maximum atomic E-state index is 13.2. The molecule has 100 valence electrons. The second-order valence-corrected chi connectivity index (χ2v) is 5.34. The van der Waals surface area contributed by atoms with Crippen LogP contribution in [-0.2, 0) is 0 Å². The Hall–Kier alpha value is -1.13. The summed E-state index contributed by atoms with van der Waals surface area (Å²) >= 11 is 9.37. The van der Waals surface area contributed by atoms with Gasteiger partial charge in [0.15, 0.2) is 11.6 Å². The van der Waals surface area contributed by atoms with Crippen molar-refractivity contribution in [3.05, 3.63) is 63.1 Å². The molecule has 0 fully saturated rings. The molecule has 1 nitrogen and oxygen atoms in total. The Morgan fingerprint density at radius 1 is 1.16 bits per heavy atom. The van der Waals surface area contributed by atoms with Crippen LogP contribution < -0.4 is 5.32 Å². The third-order valence-corrected chi connectivity index (χ3v) is 4.16. The Kier molecular flexibility index (Phi) is 4.42. The van der Waals surface area contributed by atoms with E-state index in [4.69, 9.17) is 11.6 Å². The number of halogens is 4. The van der Waals surface area contributed by atoms with Crippen LogP contribution in [0.15, 0.2) is 40.9 Å². The van der Waals surface area contributed by atoms with E-state index in [1.807, 2.05) is 19.1 Å². The largest absolute Gasteiger partial charge is 0.378 e. The minimum absolute atomic E-state index is 0.176. The van der Waals surface area contributed by atoms with E-state index in [1.54, 1.807) is 12.1 Å². The molecule has 2 rings (SSSR count). The normalized spacial score (nSPS) is 12.3. The fourth-order valence-electron chi connectivity index (χ4n) is 1.71. The summed E-state index contributed by atoms with van der Waals surface area (Å²) in [6, 6.07) is 9.11. The van der Waals surface area contributed by atoms with Gasteiger partial charge in [-0.15, -0.1) is 0 Å². The molecule has 0 aromatic heterocycles. The van der Waals surface area contributed by atoms with Crippen molar-refractivity contribution in [2.75, 3.05) is 5.32 Å². The highest BCUT2D eigenvalue weighted by molar-refractivity contribution is 9.10. The lowest BCUT2D eigenvalue weighted by atomic mass is 10.1. The number of nitrogens with one attached hydrogen (secondary N) is 1. The van der Waals surface area contributed by atoms with Crippen molar-refractivity contribution in [3.8, 4) is 0 Å². The predicted molar refractivity (Wildman–Crippen MR) is 77.5 cm³/mol. The van der Waals surface area contributed by atoms with E-state index in [9.17, 15) is 8.78 Å². The summed E-state index contributed by atoms with van der Waals surface area (Å²) in [4.78, 5) is 0. The van der Waals surface area contributed by atoms with Crippen molar-refractivity contribution in [1.82, 2.24) is 0 Å². The predicted octanol–water partition coefficient (Wildman–Crippen LogP) is 5.55. The van der Waals surface area contributed by atoms with Crippen LogP contribution in [0.25, 0.3) is 0 Å². The standard InChI is InChI=1S/C14H11BrClF2N/c1-8(9-5-6-11(17)12(18)7-9)19-13-4-2-3-10(16)14(13)15/h2-8,19H,1H3. The van der Waals surface area contributed by atoms with Crippen LogP contribution in [0.3, 0.4) is 0 Å². The van der Waals surface area contributed by atoms with Gasteiger partial charge in [-0.1, -0.05) is 23.7 Å². The van der Waals surface area contributed by atoms with Gasteiger partial charge in [0, 0.05) is 6.04 Å². The summed E-state index contributed by atoms with van der Waals surface area (Å²) in [5, 5.41) is 3.78. The summed E-state index contributed by atoms with van der Waals surface area (Å²) < 4.78 is 26.8. The van der Waals surface area contributed by atoms with Crippen LogP contribution in [0, 0.1) is 11.6 Å². The fraction of sp³-hybridized carbons (Fsp3) is 0.143. The van der Waals surface area contributed by atoms with Crippen molar-refractivity contribution in [3.63, 3.8) is 0 Å². The first-order valence-electron chi connectivity index (χ1n) is 5.64. The second-order valence-electron chi connectivity index (χ2n) is 4.14. The Balaban J connectivity index is 2.23. The molecule has 0 bridgehead atoms. The monoisotopic (exact) mass is 345 g/mol. The summed E-state index contributed by atoms with van der Waals surface area (Å²) in [6.07, 6.45) is 0. The number of hydrogen-bond donors (Lipinski definition) is 1. The fourth-order valence-corrected chi connectivity index (χ4v) is 2.27. The first kappa shape index (κ1) is 14.3. The minimum atomic E-state index is -0.851. The van der Waals surface area contributed by atoms with Gasteiger partial charge < -0.3 is 5.32 Å². The Bertz CT molecular complexity index is 604. The molecule has 0 aliphatic heterocycles. The number of benzene rings is 2. The molecule has 19 heavy (non-hydrogen) atoms. The van der Waals surface area contributed by atoms with E-state index in [1.165, 1.54) is 6.07 Å². The molecule has 0 radical (unpaired) electrons. The average Bonchev–Trinajstić information content (AvgIpc) is 2.38. The van der Waals surface area contributed by atoms with Crippen molar-refractivity contribution in [2.45, 2.75) is 13.0 Å². The lowest BCUT2D eigenvalue weighted by Gasteiger charge is -2.17. The highest BCUT2D eigenvalue weighted by Gasteiger charge is 2.11. The van der Waals surface area contributed by atoms with Crippen molar-refractivity contribution in [2.24, 2.45) is 0 Å². The smallest absolute Gasteiger partial charge is 0.159 e. The molecule has 0 aliphatic rings. The Morgan fingerprint density at radius 3 is 2.58 bits per heavy atom. The van der Waals surface area contributed by atoms with E-state index in [-0.39, 0.29) is 6.04 Å². The SMILES string of the molecule is CC(Nc1cccc(Cl)c1Br)c1ccc(F)c(F)c1. The molecule has 0 saturated heterocycles. The highest BCUT2D eigenvalue weighted by Crippen LogP contribution is 2.32. The third kappa shape index (κ3) is 3.25. The topological polar surface area (TPSA) is 12.0 Å². The quantitative estimate of drug-likeness (QED) is 0.768. The molecule has 1 atom stereocenters. The maximum Gasteiger partial charge on any atom is 0.159 e. The number of hydrogen-bond acceptors (Lipinski definition) is 1. The lowest BCUT2D eigenvalue weighted by Crippen LogP contribution is -2.07. The van der Waals surface area contributed by atoms with Crippen LogP contribution in [0.5, 0.6) is 0 Å². The highest BCUT2D eigenvalue weighted by atomic mass is 79.9. The molecular weight excluding hydrogens is 336 g/mol. The second kappa shape index (κ2) is 5.88. The molecule has 0 heterocycles. The zero-order chi connectivity index (χ0) is 14.0. The van der Waals surface area contributed by atoms with Crippen molar-refractivity contribution < 1.29 is 8.78 Å². The van der Waals surface area contributed by atoms with E-state index in [0.717, 1.165) is 16.2 Å². The molecule has 0 saturated carbocycles. The van der Waals surface area contributed by atoms with Gasteiger partial charge >= 0.3 is 0 Å². The summed E-state index contributed by atoms with van der Waals surface area (Å²) in [6.45, 7) is 1.86. The van der Waals surface area contributed by atoms with Crippen molar-refractivity contribution in [1.29, 1.82) is 0 Å². The first-order chi connectivity index (χ1) is 8.99. The zero-order valence-corrected chi connectivity index (χ0v) is 12.4. The van der Waals surface area contributed by atoms with Crippen LogP contribution in [0.4, 0.5) is 14.5 Å². The van der Waals surface area contributed by atoms with Gasteiger partial charge in [-0.2, -0.15) is 0 Å². The van der Waals surface area contributed by atoms with Crippen LogP contribution in [0.1, 0.15) is 18.5 Å². The van der Waals surface area contributed by atoms with Gasteiger partial charge in [-0.05, 0) is 52.7 Å². The zero-order valence-electron chi connectivity index (χ0n) is 10.1. The molecule has 1 N–H and O–H groups in total. The molecule has 1 unspecified atom stereocenters. The molecule has 5 heteroatoms. The van der Waals surface area contributed by atoms with Crippen LogP contribution in [0.2, 0.25) is 5.02 Å². The van der Waals surface area contributed by atoms with Gasteiger partial charge in [0.25, 0.3) is 0 Å². The summed E-state index contributed by atoms with van der Waals surface area (Å²) in [5.74, 6) is -1.70. The summed E-state index contributed by atoms with van der Waals surface area (Å²) in [5.41, 5.74) is 1.45. The van der Waals surface area contributed by atoms with Gasteiger partial charge in [0.05, 0.1) is 15.2 Å². The first-order valence-corrected chi connectivity index (χ1v) is 6.81. The molecular formula is C14H11BrClF2N. The van der Waals surface area contributed by atoms with E-state index >= 15 is 0 Å². The summed E-state index contributed by atoms with van der Waals surface area (Å²) in [7, 11) is 0. The molecule has 2 aromatic carbocycles. The van der Waals surface area contributed by atoms with Gasteiger partial charge in [0.2, 0.25) is 0 Å². The van der Waals surface area contributed by atoms with Crippen LogP contribution >= 0.6 is 27.5 Å². The number of rotatable bonds is 3. The van der Waals surface area contributed by atoms with E-state index < -0.39 is 11.6 Å². The average molecular weight is 347 g/mol. The van der Waals surface area contributed by atoms with E-state index in [2.05, 4.69) is 21.2 Å².